The number of ether oxygens (including phenoxy) is 1. The molecule has 0 atom stereocenters. The van der Waals surface area contributed by atoms with Gasteiger partial charge in [-0.2, -0.15) is 4.31 Å². The first-order valence-electron chi connectivity index (χ1n) is 9.89. The van der Waals surface area contributed by atoms with Gasteiger partial charge in [-0.05, 0) is 55.7 Å². The van der Waals surface area contributed by atoms with Gasteiger partial charge in [-0.25, -0.2) is 16.8 Å². The number of carbonyl (C=O) groups is 1. The summed E-state index contributed by atoms with van der Waals surface area (Å²) in [6.07, 6.45) is 0.320. The molecular formula is C21H26N2O6S2. The summed E-state index contributed by atoms with van der Waals surface area (Å²) >= 11 is 0. The van der Waals surface area contributed by atoms with Crippen LogP contribution in [-0.2, 0) is 24.7 Å². The number of amides is 1. The van der Waals surface area contributed by atoms with E-state index in [-0.39, 0.29) is 30.8 Å². The number of hydrogen-bond donors (Lipinski definition) is 1. The summed E-state index contributed by atoms with van der Waals surface area (Å²) in [6.45, 7) is 2.09. The Morgan fingerprint density at radius 1 is 1.03 bits per heavy atom. The van der Waals surface area contributed by atoms with Crippen LogP contribution in [0.3, 0.4) is 0 Å². The average molecular weight is 467 g/mol. The van der Waals surface area contributed by atoms with Gasteiger partial charge in [0.15, 0.2) is 9.84 Å². The van der Waals surface area contributed by atoms with Crippen LogP contribution in [0.15, 0.2) is 53.4 Å². The second-order valence-corrected chi connectivity index (χ2v) is 11.6. The Morgan fingerprint density at radius 3 is 2.23 bits per heavy atom. The number of benzene rings is 2. The third kappa shape index (κ3) is 5.44. The van der Waals surface area contributed by atoms with Crippen molar-refractivity contribution in [3.63, 3.8) is 0 Å². The molecule has 0 saturated carbocycles. The number of nitrogens with zero attached hydrogens (tertiary/aromatic N) is 1. The minimum atomic E-state index is -3.75. The summed E-state index contributed by atoms with van der Waals surface area (Å²) < 4.78 is 57.7. The van der Waals surface area contributed by atoms with E-state index in [0.717, 1.165) is 5.56 Å². The summed E-state index contributed by atoms with van der Waals surface area (Å²) in [5, 5.41) is 1.58. The molecule has 1 aliphatic heterocycles. The number of sulfone groups is 1. The van der Waals surface area contributed by atoms with E-state index >= 15 is 0 Å². The second kappa shape index (κ2) is 9.37. The van der Waals surface area contributed by atoms with Crippen molar-refractivity contribution in [1.29, 1.82) is 0 Å². The maximum atomic E-state index is 13.0. The highest BCUT2D eigenvalue weighted by molar-refractivity contribution is 7.92. The van der Waals surface area contributed by atoms with Crippen molar-refractivity contribution in [2.45, 2.75) is 29.9 Å². The van der Waals surface area contributed by atoms with E-state index < -0.39 is 36.8 Å². The quantitative estimate of drug-likeness (QED) is 0.669. The highest BCUT2D eigenvalue weighted by Gasteiger charge is 2.35. The number of piperidine rings is 1. The first-order valence-corrected chi connectivity index (χ1v) is 13.0. The fourth-order valence-corrected chi connectivity index (χ4v) is 6.58. The van der Waals surface area contributed by atoms with Crippen molar-refractivity contribution < 1.29 is 26.4 Å². The Morgan fingerprint density at radius 2 is 1.65 bits per heavy atom. The summed E-state index contributed by atoms with van der Waals surface area (Å²) in [5.74, 6) is 0.0666. The molecule has 1 N–H and O–H groups in total. The molecule has 168 valence electrons. The van der Waals surface area contributed by atoms with Crippen LogP contribution in [0.25, 0.3) is 0 Å². The zero-order valence-corrected chi connectivity index (χ0v) is 19.1. The third-order valence-corrected chi connectivity index (χ3v) is 9.37. The predicted molar refractivity (Wildman–Crippen MR) is 117 cm³/mol. The topological polar surface area (TPSA) is 110 Å². The molecule has 0 bridgehead atoms. The molecular weight excluding hydrogens is 440 g/mol. The Balaban J connectivity index is 1.66. The van der Waals surface area contributed by atoms with E-state index in [9.17, 15) is 21.6 Å². The highest BCUT2D eigenvalue weighted by atomic mass is 32.2. The van der Waals surface area contributed by atoms with Gasteiger partial charge in [-0.3, -0.25) is 4.79 Å². The molecule has 1 heterocycles. The summed E-state index contributed by atoms with van der Waals surface area (Å²) in [6, 6.07) is 13.7. The standard InChI is InChI=1S/C21H26N2O6S2/c1-16-5-3-4-6-20(16)29-17-7-9-19(10-8-17)31(27,28)23-13-11-18(12-14-23)30(25,26)15-21(24)22-2/h3-10,18H,11-15H2,1-2H3,(H,22,24). The predicted octanol–water partition coefficient (Wildman–Crippen LogP) is 2.10. The number of hydrogen-bond acceptors (Lipinski definition) is 6. The van der Waals surface area contributed by atoms with Crippen LogP contribution in [0.4, 0.5) is 0 Å². The van der Waals surface area contributed by atoms with Crippen molar-refractivity contribution in [2.24, 2.45) is 0 Å². The van der Waals surface area contributed by atoms with Gasteiger partial charge in [0.25, 0.3) is 0 Å². The van der Waals surface area contributed by atoms with Gasteiger partial charge in [-0.1, -0.05) is 18.2 Å². The van der Waals surface area contributed by atoms with Crippen LogP contribution in [0.1, 0.15) is 18.4 Å². The molecule has 0 unspecified atom stereocenters. The minimum absolute atomic E-state index is 0.0848. The van der Waals surface area contributed by atoms with Crippen molar-refractivity contribution in [3.05, 3.63) is 54.1 Å². The van der Waals surface area contributed by atoms with Crippen LogP contribution in [0.5, 0.6) is 11.5 Å². The van der Waals surface area contributed by atoms with Crippen molar-refractivity contribution in [3.8, 4) is 11.5 Å². The Labute approximate surface area is 183 Å². The molecule has 31 heavy (non-hydrogen) atoms. The molecule has 0 aliphatic carbocycles. The minimum Gasteiger partial charge on any atom is -0.457 e. The average Bonchev–Trinajstić information content (AvgIpc) is 2.75. The van der Waals surface area contributed by atoms with Gasteiger partial charge < -0.3 is 10.1 Å². The number of rotatable bonds is 7. The van der Waals surface area contributed by atoms with E-state index in [1.165, 1.54) is 23.5 Å². The molecule has 3 rings (SSSR count). The van der Waals surface area contributed by atoms with Crippen LogP contribution in [0, 0.1) is 6.92 Å². The van der Waals surface area contributed by atoms with Gasteiger partial charge in [0.05, 0.1) is 10.1 Å². The Bertz CT molecular complexity index is 1140. The van der Waals surface area contributed by atoms with Crippen LogP contribution in [0.2, 0.25) is 0 Å². The van der Waals surface area contributed by atoms with Gasteiger partial charge in [0.2, 0.25) is 15.9 Å². The van der Waals surface area contributed by atoms with Crippen LogP contribution < -0.4 is 10.1 Å². The third-order valence-electron chi connectivity index (χ3n) is 5.30. The zero-order chi connectivity index (χ0) is 22.6. The lowest BCUT2D eigenvalue weighted by Gasteiger charge is -2.30. The fraction of sp³-hybridized carbons (Fsp3) is 0.381. The molecule has 2 aromatic rings. The maximum Gasteiger partial charge on any atom is 0.243 e. The number of carbonyl (C=O) groups excluding carboxylic acids is 1. The van der Waals surface area contributed by atoms with Crippen LogP contribution >= 0.6 is 0 Å². The molecule has 0 spiro atoms. The van der Waals surface area contributed by atoms with E-state index in [2.05, 4.69) is 5.32 Å². The Hall–Kier alpha value is -2.43. The largest absolute Gasteiger partial charge is 0.457 e. The van der Waals surface area contributed by atoms with Gasteiger partial charge in [-0.15, -0.1) is 0 Å². The van der Waals surface area contributed by atoms with E-state index in [1.807, 2.05) is 31.2 Å². The summed E-state index contributed by atoms with van der Waals surface area (Å²) in [4.78, 5) is 11.6. The van der Waals surface area contributed by atoms with Crippen LogP contribution in [-0.4, -0.2) is 58.2 Å². The molecule has 1 amide bonds. The number of sulfonamides is 1. The molecule has 1 aliphatic rings. The zero-order valence-electron chi connectivity index (χ0n) is 17.4. The van der Waals surface area contributed by atoms with Gasteiger partial charge in [0, 0.05) is 20.1 Å². The lowest BCUT2D eigenvalue weighted by atomic mass is 10.2. The summed E-state index contributed by atoms with van der Waals surface area (Å²) in [7, 11) is -5.99. The number of para-hydroxylation sites is 1. The number of aryl methyl sites for hydroxylation is 1. The maximum absolute atomic E-state index is 13.0. The Kier molecular flexibility index (Phi) is 7.03. The first kappa shape index (κ1) is 23.2. The van der Waals surface area contributed by atoms with Crippen molar-refractivity contribution in [2.75, 3.05) is 25.9 Å². The molecule has 2 aromatic carbocycles. The fourth-order valence-electron chi connectivity index (χ4n) is 3.43. The second-order valence-electron chi connectivity index (χ2n) is 7.42. The van der Waals surface area contributed by atoms with Gasteiger partial charge >= 0.3 is 0 Å². The highest BCUT2D eigenvalue weighted by Crippen LogP contribution is 2.28. The molecule has 0 aromatic heterocycles. The van der Waals surface area contributed by atoms with Crippen molar-refractivity contribution >= 4 is 25.8 Å². The molecule has 8 nitrogen and oxygen atoms in total. The summed E-state index contributed by atoms with van der Waals surface area (Å²) in [5.41, 5.74) is 0.966. The number of nitrogens with one attached hydrogen (secondary N) is 1. The van der Waals surface area contributed by atoms with E-state index in [1.54, 1.807) is 12.1 Å². The molecule has 0 radical (unpaired) electrons. The molecule has 10 heteroatoms. The molecule has 1 saturated heterocycles. The SMILES string of the molecule is CNC(=O)CS(=O)(=O)C1CCN(S(=O)(=O)c2ccc(Oc3ccccc3C)cc2)CC1. The van der Waals surface area contributed by atoms with E-state index in [4.69, 9.17) is 4.74 Å². The monoisotopic (exact) mass is 466 g/mol. The molecule has 1 fully saturated rings. The lowest BCUT2D eigenvalue weighted by Crippen LogP contribution is -2.44. The van der Waals surface area contributed by atoms with Gasteiger partial charge in [0.1, 0.15) is 17.3 Å². The van der Waals surface area contributed by atoms with Crippen molar-refractivity contribution in [1.82, 2.24) is 9.62 Å². The normalized spacial score (nSPS) is 16.1. The lowest BCUT2D eigenvalue weighted by molar-refractivity contribution is -0.118. The smallest absolute Gasteiger partial charge is 0.243 e. The van der Waals surface area contributed by atoms with E-state index in [0.29, 0.717) is 11.5 Å². The first-order chi connectivity index (χ1) is 14.6.